The second-order valence-electron chi connectivity index (χ2n) is 7.15. The maximum Gasteiger partial charge on any atom is 0.224 e. The van der Waals surface area contributed by atoms with Gasteiger partial charge in [-0.3, -0.25) is 0 Å². The highest BCUT2D eigenvalue weighted by molar-refractivity contribution is 6.28. The molecule has 0 N–H and O–H groups in total. The molecule has 6 nitrogen and oxygen atoms in total. The van der Waals surface area contributed by atoms with Crippen LogP contribution in [0.2, 0.25) is 5.28 Å². The minimum absolute atomic E-state index is 0.110. The predicted molar refractivity (Wildman–Crippen MR) is 90.1 cm³/mol. The van der Waals surface area contributed by atoms with E-state index < -0.39 is 0 Å². The van der Waals surface area contributed by atoms with Crippen molar-refractivity contribution in [3.63, 3.8) is 0 Å². The second-order valence-corrected chi connectivity index (χ2v) is 7.49. The molecule has 0 amide bonds. The fourth-order valence-electron chi connectivity index (χ4n) is 4.29. The first kappa shape index (κ1) is 14.7. The Morgan fingerprint density at radius 1 is 1.33 bits per heavy atom. The lowest BCUT2D eigenvalue weighted by molar-refractivity contribution is -0.0395. The SMILES string of the molecule is Clc1nccc(N2CC3CC3(c3cnn(C4CCCCO4)c3)C2)n1. The number of rotatable bonds is 3. The molecule has 24 heavy (non-hydrogen) atoms. The average Bonchev–Trinajstić information content (AvgIpc) is 3.00. The summed E-state index contributed by atoms with van der Waals surface area (Å²) >= 11 is 5.94. The molecule has 0 aromatic carbocycles. The molecule has 0 radical (unpaired) electrons. The van der Waals surface area contributed by atoms with Gasteiger partial charge >= 0.3 is 0 Å². The topological polar surface area (TPSA) is 56.1 Å². The first-order valence-corrected chi connectivity index (χ1v) is 9.02. The minimum atomic E-state index is 0.110. The lowest BCUT2D eigenvalue weighted by Gasteiger charge is -2.23. The van der Waals surface area contributed by atoms with Gasteiger partial charge in [-0.1, -0.05) is 0 Å². The van der Waals surface area contributed by atoms with Gasteiger partial charge in [0.15, 0.2) is 0 Å². The van der Waals surface area contributed by atoms with Crippen molar-refractivity contribution in [1.29, 1.82) is 0 Å². The quantitative estimate of drug-likeness (QED) is 0.801. The molecule has 1 saturated carbocycles. The zero-order chi connectivity index (χ0) is 16.1. The summed E-state index contributed by atoms with van der Waals surface area (Å²) in [5.41, 5.74) is 1.56. The monoisotopic (exact) mass is 345 g/mol. The summed E-state index contributed by atoms with van der Waals surface area (Å²) in [6.45, 7) is 2.84. The van der Waals surface area contributed by atoms with Crippen LogP contribution in [0.4, 0.5) is 5.82 Å². The number of fused-ring (bicyclic) bond motifs is 1. The Hall–Kier alpha value is -1.66. The Morgan fingerprint density at radius 2 is 2.29 bits per heavy atom. The molecule has 2 saturated heterocycles. The van der Waals surface area contributed by atoms with Crippen LogP contribution in [0.1, 0.15) is 37.5 Å². The van der Waals surface area contributed by atoms with Crippen molar-refractivity contribution in [2.24, 2.45) is 5.92 Å². The van der Waals surface area contributed by atoms with E-state index in [1.165, 1.54) is 18.4 Å². The Morgan fingerprint density at radius 3 is 3.12 bits per heavy atom. The average molecular weight is 346 g/mol. The van der Waals surface area contributed by atoms with Crippen molar-refractivity contribution in [2.45, 2.75) is 37.3 Å². The molecule has 3 fully saturated rings. The first-order valence-electron chi connectivity index (χ1n) is 8.64. The molecular formula is C17H20ClN5O. The van der Waals surface area contributed by atoms with Gasteiger partial charge in [0.2, 0.25) is 5.28 Å². The van der Waals surface area contributed by atoms with E-state index in [4.69, 9.17) is 16.3 Å². The molecule has 0 spiro atoms. The van der Waals surface area contributed by atoms with Gasteiger partial charge < -0.3 is 9.64 Å². The molecule has 2 aromatic heterocycles. The largest absolute Gasteiger partial charge is 0.357 e. The molecule has 3 aliphatic rings. The fourth-order valence-corrected chi connectivity index (χ4v) is 4.43. The number of hydrogen-bond donors (Lipinski definition) is 0. The standard InChI is InChI=1S/C17H20ClN5O/c18-16-19-5-4-14(21-16)22-9-12-7-17(12,11-22)13-8-20-23(10-13)15-3-1-2-6-24-15/h4-5,8,10,12,15H,1-3,6-7,9,11H2. The van der Waals surface area contributed by atoms with E-state index in [1.54, 1.807) is 6.20 Å². The molecule has 1 aliphatic carbocycles. The zero-order valence-corrected chi connectivity index (χ0v) is 14.2. The molecule has 126 valence electrons. The smallest absolute Gasteiger partial charge is 0.224 e. The van der Waals surface area contributed by atoms with Gasteiger partial charge in [-0.05, 0) is 54.8 Å². The number of anilines is 1. The third-order valence-electron chi connectivity index (χ3n) is 5.71. The number of halogens is 1. The third-order valence-corrected chi connectivity index (χ3v) is 5.89. The van der Waals surface area contributed by atoms with Crippen molar-refractivity contribution in [1.82, 2.24) is 19.7 Å². The summed E-state index contributed by atoms with van der Waals surface area (Å²) in [6, 6.07) is 1.93. The summed E-state index contributed by atoms with van der Waals surface area (Å²) in [4.78, 5) is 10.6. The summed E-state index contributed by atoms with van der Waals surface area (Å²) in [6.07, 6.45) is 10.7. The highest BCUT2D eigenvalue weighted by Gasteiger charge is 2.61. The number of aromatic nitrogens is 4. The summed E-state index contributed by atoms with van der Waals surface area (Å²) < 4.78 is 7.87. The van der Waals surface area contributed by atoms with Crippen LogP contribution in [0.25, 0.3) is 0 Å². The van der Waals surface area contributed by atoms with Crippen molar-refractivity contribution >= 4 is 17.4 Å². The van der Waals surface area contributed by atoms with Crippen molar-refractivity contribution in [3.8, 4) is 0 Å². The normalized spacial score (nSPS) is 32.0. The molecule has 0 bridgehead atoms. The number of hydrogen-bond acceptors (Lipinski definition) is 5. The van der Waals surface area contributed by atoms with E-state index in [-0.39, 0.29) is 11.6 Å². The van der Waals surface area contributed by atoms with Crippen LogP contribution in [-0.4, -0.2) is 39.4 Å². The van der Waals surface area contributed by atoms with E-state index in [0.29, 0.717) is 11.2 Å². The maximum atomic E-state index is 5.94. The second kappa shape index (κ2) is 5.43. The van der Waals surface area contributed by atoms with Crippen molar-refractivity contribution < 1.29 is 4.74 Å². The van der Waals surface area contributed by atoms with E-state index in [0.717, 1.165) is 38.4 Å². The molecule has 5 rings (SSSR count). The molecule has 2 aliphatic heterocycles. The van der Waals surface area contributed by atoms with Crippen molar-refractivity contribution in [3.05, 3.63) is 35.5 Å². The molecule has 3 atom stereocenters. The summed E-state index contributed by atoms with van der Waals surface area (Å²) in [5.74, 6) is 1.60. The molecule has 4 heterocycles. The Bertz CT molecular complexity index is 759. The van der Waals surface area contributed by atoms with Gasteiger partial charge in [0.25, 0.3) is 0 Å². The Kier molecular flexibility index (Phi) is 3.31. The van der Waals surface area contributed by atoms with Gasteiger partial charge in [-0.15, -0.1) is 0 Å². The number of ether oxygens (including phenoxy) is 1. The molecule has 3 unspecified atom stereocenters. The number of nitrogens with zero attached hydrogens (tertiary/aromatic N) is 5. The summed E-state index contributed by atoms with van der Waals surface area (Å²) in [7, 11) is 0. The first-order chi connectivity index (χ1) is 11.7. The van der Waals surface area contributed by atoms with E-state index >= 15 is 0 Å². The molecule has 2 aromatic rings. The van der Waals surface area contributed by atoms with Crippen LogP contribution in [0, 0.1) is 5.92 Å². The van der Waals surface area contributed by atoms with Crippen LogP contribution in [-0.2, 0) is 10.2 Å². The van der Waals surface area contributed by atoms with Gasteiger partial charge in [-0.2, -0.15) is 5.10 Å². The predicted octanol–water partition coefficient (Wildman–Crippen LogP) is 2.80. The maximum absolute atomic E-state index is 5.94. The van der Waals surface area contributed by atoms with Gasteiger partial charge in [0.05, 0.1) is 6.20 Å². The van der Waals surface area contributed by atoms with Crippen LogP contribution in [0.3, 0.4) is 0 Å². The molecular weight excluding hydrogens is 326 g/mol. The minimum Gasteiger partial charge on any atom is -0.357 e. The van der Waals surface area contributed by atoms with E-state index in [1.807, 2.05) is 16.9 Å². The number of piperidine rings is 1. The Labute approximate surface area is 145 Å². The lowest BCUT2D eigenvalue weighted by Crippen LogP contribution is -2.27. The zero-order valence-electron chi connectivity index (χ0n) is 13.4. The van der Waals surface area contributed by atoms with Gasteiger partial charge in [-0.25, -0.2) is 14.6 Å². The third kappa shape index (κ3) is 2.31. The van der Waals surface area contributed by atoms with Crippen LogP contribution >= 0.6 is 11.6 Å². The van der Waals surface area contributed by atoms with E-state index in [2.05, 4.69) is 26.2 Å². The highest BCUT2D eigenvalue weighted by atomic mass is 35.5. The fraction of sp³-hybridized carbons (Fsp3) is 0.588. The van der Waals surface area contributed by atoms with E-state index in [9.17, 15) is 0 Å². The summed E-state index contributed by atoms with van der Waals surface area (Å²) in [5, 5.41) is 4.90. The lowest BCUT2D eigenvalue weighted by atomic mass is 9.99. The van der Waals surface area contributed by atoms with Crippen LogP contribution < -0.4 is 4.90 Å². The van der Waals surface area contributed by atoms with Crippen molar-refractivity contribution in [2.75, 3.05) is 24.6 Å². The molecule has 7 heteroatoms. The highest BCUT2D eigenvalue weighted by Crippen LogP contribution is 2.59. The van der Waals surface area contributed by atoms with Crippen LogP contribution in [0.15, 0.2) is 24.7 Å². The Balaban J connectivity index is 1.36. The van der Waals surface area contributed by atoms with Gasteiger partial charge in [0.1, 0.15) is 12.0 Å². The van der Waals surface area contributed by atoms with Gasteiger partial charge in [0, 0.05) is 37.5 Å². The van der Waals surface area contributed by atoms with Crippen LogP contribution in [0.5, 0.6) is 0 Å².